The van der Waals surface area contributed by atoms with E-state index in [1.54, 1.807) is 26.0 Å². The summed E-state index contributed by atoms with van der Waals surface area (Å²) < 4.78 is 10.9. The van der Waals surface area contributed by atoms with E-state index in [2.05, 4.69) is 6.92 Å². The fraction of sp³-hybridized carbons (Fsp3) is 0.533. The molecule has 0 radical (unpaired) electrons. The minimum absolute atomic E-state index is 0.00797. The summed E-state index contributed by atoms with van der Waals surface area (Å²) in [5, 5.41) is 0. The van der Waals surface area contributed by atoms with Gasteiger partial charge >= 0.3 is 0 Å². The van der Waals surface area contributed by atoms with Gasteiger partial charge in [0.15, 0.2) is 5.78 Å². The number of carbonyl (C=O) groups is 1. The highest BCUT2D eigenvalue weighted by molar-refractivity contribution is 6.02. The first-order valence-corrected chi connectivity index (χ1v) is 6.43. The molecule has 0 heterocycles. The Balaban J connectivity index is 2.75. The summed E-state index contributed by atoms with van der Waals surface area (Å²) in [5.41, 5.74) is -0.127. The molecule has 0 unspecified atom stereocenters. The molecule has 1 rings (SSSR count). The molecule has 3 heteroatoms. The van der Waals surface area contributed by atoms with Gasteiger partial charge in [0.05, 0.1) is 6.61 Å². The van der Waals surface area contributed by atoms with Gasteiger partial charge < -0.3 is 9.47 Å². The zero-order valence-corrected chi connectivity index (χ0v) is 11.7. The molecule has 0 aliphatic heterocycles. The maximum absolute atomic E-state index is 12.2. The molecule has 0 N–H and O–H groups in total. The van der Waals surface area contributed by atoms with Crippen LogP contribution in [0, 0.1) is 0 Å². The summed E-state index contributed by atoms with van der Waals surface area (Å²) in [6.07, 6.45) is 0.970. The van der Waals surface area contributed by atoms with Crippen molar-refractivity contribution in [3.8, 4) is 5.75 Å². The van der Waals surface area contributed by atoms with Crippen molar-refractivity contribution in [2.75, 3.05) is 13.2 Å². The van der Waals surface area contributed by atoms with E-state index in [0.29, 0.717) is 18.8 Å². The maximum atomic E-state index is 12.2. The Morgan fingerprint density at radius 3 is 2.28 bits per heavy atom. The van der Waals surface area contributed by atoms with Crippen LogP contribution >= 0.6 is 0 Å². The van der Waals surface area contributed by atoms with Gasteiger partial charge in [0.1, 0.15) is 11.4 Å². The van der Waals surface area contributed by atoms with Crippen molar-refractivity contribution >= 4 is 5.78 Å². The van der Waals surface area contributed by atoms with Crippen molar-refractivity contribution in [1.82, 2.24) is 0 Å². The normalized spacial score (nSPS) is 11.3. The number of benzene rings is 1. The Bertz CT molecular complexity index is 379. The van der Waals surface area contributed by atoms with E-state index in [1.807, 2.05) is 19.1 Å². The first kappa shape index (κ1) is 14.7. The molecular weight excluding hydrogens is 228 g/mol. The summed E-state index contributed by atoms with van der Waals surface area (Å²) in [7, 11) is 0. The Labute approximate surface area is 109 Å². The fourth-order valence-corrected chi connectivity index (χ4v) is 1.70. The first-order chi connectivity index (χ1) is 8.51. The van der Waals surface area contributed by atoms with Crippen LogP contribution in [0.5, 0.6) is 5.75 Å². The van der Waals surface area contributed by atoms with Crippen molar-refractivity contribution in [2.45, 2.75) is 39.7 Å². The third-order valence-corrected chi connectivity index (χ3v) is 2.64. The van der Waals surface area contributed by atoms with Crippen LogP contribution < -0.4 is 4.74 Å². The molecule has 100 valence electrons. The molecule has 0 saturated heterocycles. The van der Waals surface area contributed by atoms with Crippen molar-refractivity contribution in [3.63, 3.8) is 0 Å². The number of rotatable bonds is 7. The summed E-state index contributed by atoms with van der Waals surface area (Å²) in [6.45, 7) is 8.74. The van der Waals surface area contributed by atoms with Gasteiger partial charge in [-0.3, -0.25) is 4.79 Å². The van der Waals surface area contributed by atoms with Crippen LogP contribution in [-0.4, -0.2) is 24.6 Å². The molecule has 0 bridgehead atoms. The van der Waals surface area contributed by atoms with Crippen LogP contribution in [0.1, 0.15) is 44.5 Å². The van der Waals surface area contributed by atoms with Gasteiger partial charge in [-0.05, 0) is 51.5 Å². The highest BCUT2D eigenvalue weighted by Gasteiger charge is 2.28. The summed E-state index contributed by atoms with van der Waals surface area (Å²) >= 11 is 0. The van der Waals surface area contributed by atoms with Crippen molar-refractivity contribution in [2.24, 2.45) is 0 Å². The van der Waals surface area contributed by atoms with Crippen LogP contribution in [0.4, 0.5) is 0 Å². The van der Waals surface area contributed by atoms with E-state index in [0.717, 1.165) is 12.2 Å². The van der Waals surface area contributed by atoms with Crippen LogP contribution in [0.3, 0.4) is 0 Å². The van der Waals surface area contributed by atoms with E-state index >= 15 is 0 Å². The van der Waals surface area contributed by atoms with Gasteiger partial charge in [0.2, 0.25) is 0 Å². The molecule has 0 aliphatic rings. The van der Waals surface area contributed by atoms with Gasteiger partial charge in [-0.1, -0.05) is 6.92 Å². The van der Waals surface area contributed by atoms with Gasteiger partial charge in [0, 0.05) is 12.2 Å². The largest absolute Gasteiger partial charge is 0.494 e. The molecule has 0 spiro atoms. The Morgan fingerprint density at radius 1 is 1.17 bits per heavy atom. The van der Waals surface area contributed by atoms with Gasteiger partial charge in [-0.15, -0.1) is 0 Å². The number of hydrogen-bond acceptors (Lipinski definition) is 3. The molecule has 18 heavy (non-hydrogen) atoms. The zero-order chi connectivity index (χ0) is 13.6. The highest BCUT2D eigenvalue weighted by atomic mass is 16.5. The van der Waals surface area contributed by atoms with Crippen LogP contribution in [0.25, 0.3) is 0 Å². The molecular formula is C15H22O3. The van der Waals surface area contributed by atoms with Gasteiger partial charge in [-0.2, -0.15) is 0 Å². The number of carbonyl (C=O) groups excluding carboxylic acids is 1. The maximum Gasteiger partial charge on any atom is 0.194 e. The molecule has 0 saturated carbocycles. The number of Topliss-reactive ketones (excluding diaryl/α,β-unsaturated/α-hetero) is 1. The predicted molar refractivity (Wildman–Crippen MR) is 72.3 cm³/mol. The van der Waals surface area contributed by atoms with Crippen LogP contribution in [0.15, 0.2) is 24.3 Å². The minimum Gasteiger partial charge on any atom is -0.494 e. The monoisotopic (exact) mass is 250 g/mol. The lowest BCUT2D eigenvalue weighted by atomic mass is 9.96. The third kappa shape index (κ3) is 3.84. The lowest BCUT2D eigenvalue weighted by Crippen LogP contribution is -2.35. The number of hydrogen-bond donors (Lipinski definition) is 0. The van der Waals surface area contributed by atoms with Crippen molar-refractivity contribution < 1.29 is 14.3 Å². The zero-order valence-electron chi connectivity index (χ0n) is 11.7. The van der Waals surface area contributed by atoms with Gasteiger partial charge in [0.25, 0.3) is 0 Å². The van der Waals surface area contributed by atoms with Crippen molar-refractivity contribution in [1.29, 1.82) is 0 Å². The molecule has 1 aromatic carbocycles. The quantitative estimate of drug-likeness (QED) is 0.695. The molecule has 0 amide bonds. The lowest BCUT2D eigenvalue weighted by molar-refractivity contribution is 0.00126. The number of ether oxygens (including phenoxy) is 2. The second-order valence-corrected chi connectivity index (χ2v) is 4.65. The number of ketones is 1. The minimum atomic E-state index is -0.777. The standard InChI is InChI=1S/C15H22O3/c1-5-11-17-13-9-7-12(8-10-13)14(16)15(3,4)18-6-2/h7-10H,5-6,11H2,1-4H3. The fourth-order valence-electron chi connectivity index (χ4n) is 1.70. The average Bonchev–Trinajstić information content (AvgIpc) is 2.36. The smallest absolute Gasteiger partial charge is 0.194 e. The van der Waals surface area contributed by atoms with Crippen molar-refractivity contribution in [3.05, 3.63) is 29.8 Å². The topological polar surface area (TPSA) is 35.5 Å². The predicted octanol–water partition coefficient (Wildman–Crippen LogP) is 3.47. The molecule has 0 aromatic heterocycles. The summed E-state index contributed by atoms with van der Waals surface area (Å²) in [4.78, 5) is 12.2. The van der Waals surface area contributed by atoms with E-state index in [9.17, 15) is 4.79 Å². The van der Waals surface area contributed by atoms with Crippen LogP contribution in [-0.2, 0) is 4.74 Å². The molecule has 0 fully saturated rings. The second kappa shape index (κ2) is 6.55. The summed E-state index contributed by atoms with van der Waals surface area (Å²) in [6, 6.07) is 7.22. The Morgan fingerprint density at radius 2 is 1.78 bits per heavy atom. The highest BCUT2D eigenvalue weighted by Crippen LogP contribution is 2.19. The molecule has 3 nitrogen and oxygen atoms in total. The molecule has 0 aliphatic carbocycles. The Kier molecular flexibility index (Phi) is 5.35. The average molecular weight is 250 g/mol. The SMILES string of the molecule is CCCOc1ccc(C(=O)C(C)(C)OCC)cc1. The summed E-state index contributed by atoms with van der Waals surface area (Å²) in [5.74, 6) is 0.786. The van der Waals surface area contributed by atoms with Gasteiger partial charge in [-0.25, -0.2) is 0 Å². The third-order valence-electron chi connectivity index (χ3n) is 2.64. The van der Waals surface area contributed by atoms with Crippen LogP contribution in [0.2, 0.25) is 0 Å². The van der Waals surface area contributed by atoms with E-state index in [-0.39, 0.29) is 5.78 Å². The van der Waals surface area contributed by atoms with E-state index in [4.69, 9.17) is 9.47 Å². The first-order valence-electron chi connectivity index (χ1n) is 6.43. The second-order valence-electron chi connectivity index (χ2n) is 4.65. The molecule has 1 aromatic rings. The van der Waals surface area contributed by atoms with E-state index in [1.165, 1.54) is 0 Å². The molecule has 0 atom stereocenters. The Hall–Kier alpha value is -1.35. The van der Waals surface area contributed by atoms with E-state index < -0.39 is 5.60 Å². The lowest BCUT2D eigenvalue weighted by Gasteiger charge is -2.23.